The lowest BCUT2D eigenvalue weighted by Gasteiger charge is -2.06. The Morgan fingerprint density at radius 1 is 1.23 bits per heavy atom. The number of aromatic nitrogens is 1. The van der Waals surface area contributed by atoms with E-state index in [1.807, 2.05) is 54.8 Å². The first-order valence-electron chi connectivity index (χ1n) is 7.84. The molecule has 0 bridgehead atoms. The maximum Gasteiger partial charge on any atom is 0.264 e. The van der Waals surface area contributed by atoms with Crippen molar-refractivity contribution in [1.29, 1.82) is 0 Å². The van der Waals surface area contributed by atoms with Gasteiger partial charge in [0.2, 0.25) is 0 Å². The molecule has 0 radical (unpaired) electrons. The van der Waals surface area contributed by atoms with Crippen molar-refractivity contribution < 1.29 is 14.3 Å². The summed E-state index contributed by atoms with van der Waals surface area (Å²) in [6, 6.07) is 13.3. The molecule has 5 nitrogen and oxygen atoms in total. The number of methoxy groups -OCH3 is 1. The monoisotopic (exact) mass is 432 g/mol. The smallest absolute Gasteiger partial charge is 0.264 e. The van der Waals surface area contributed by atoms with Gasteiger partial charge in [0.1, 0.15) is 11.5 Å². The summed E-state index contributed by atoms with van der Waals surface area (Å²) in [4.78, 5) is 16.5. The number of halogens is 1. The van der Waals surface area contributed by atoms with E-state index in [2.05, 4.69) is 26.2 Å². The van der Waals surface area contributed by atoms with Crippen molar-refractivity contribution >= 4 is 38.3 Å². The van der Waals surface area contributed by atoms with Crippen molar-refractivity contribution in [3.63, 3.8) is 0 Å². The molecule has 26 heavy (non-hydrogen) atoms. The first-order chi connectivity index (χ1) is 12.5. The van der Waals surface area contributed by atoms with E-state index in [4.69, 9.17) is 9.47 Å². The Morgan fingerprint density at radius 3 is 2.69 bits per heavy atom. The number of thiazole rings is 1. The second-order valence-corrected chi connectivity index (χ2v) is 7.25. The van der Waals surface area contributed by atoms with Gasteiger partial charge < -0.3 is 9.47 Å². The van der Waals surface area contributed by atoms with E-state index in [9.17, 15) is 4.79 Å². The van der Waals surface area contributed by atoms with Crippen molar-refractivity contribution in [2.45, 2.75) is 6.92 Å². The van der Waals surface area contributed by atoms with Crippen LogP contribution in [0.3, 0.4) is 0 Å². The predicted octanol–water partition coefficient (Wildman–Crippen LogP) is 4.91. The van der Waals surface area contributed by atoms with Gasteiger partial charge in [-0.3, -0.25) is 10.1 Å². The fourth-order valence-corrected chi connectivity index (χ4v) is 3.50. The summed E-state index contributed by atoms with van der Waals surface area (Å²) in [5, 5.41) is 5.18. The molecule has 0 aliphatic carbocycles. The highest BCUT2D eigenvalue weighted by atomic mass is 79.9. The molecule has 0 saturated heterocycles. The number of rotatable bonds is 6. The van der Waals surface area contributed by atoms with Gasteiger partial charge in [-0.25, -0.2) is 4.98 Å². The minimum atomic E-state index is -0.248. The second kappa shape index (κ2) is 8.33. The zero-order valence-corrected chi connectivity index (χ0v) is 16.7. The van der Waals surface area contributed by atoms with E-state index in [0.29, 0.717) is 10.9 Å². The van der Waals surface area contributed by atoms with Gasteiger partial charge in [-0.15, -0.1) is 11.3 Å². The Kier molecular flexibility index (Phi) is 5.90. The van der Waals surface area contributed by atoms with E-state index >= 15 is 0 Å². The summed E-state index contributed by atoms with van der Waals surface area (Å²) >= 11 is 4.83. The van der Waals surface area contributed by atoms with Crippen molar-refractivity contribution in [2.24, 2.45) is 0 Å². The van der Waals surface area contributed by atoms with Crippen LogP contribution in [0.25, 0.3) is 11.3 Å². The van der Waals surface area contributed by atoms with E-state index < -0.39 is 0 Å². The third kappa shape index (κ3) is 4.62. The lowest BCUT2D eigenvalue weighted by Crippen LogP contribution is -2.20. The average molecular weight is 433 g/mol. The number of nitrogens with zero attached hydrogens (tertiary/aromatic N) is 1. The van der Waals surface area contributed by atoms with Crippen molar-refractivity contribution in [2.75, 3.05) is 19.0 Å². The largest absolute Gasteiger partial charge is 0.496 e. The molecule has 1 amide bonds. The van der Waals surface area contributed by atoms with Crippen molar-refractivity contribution in [1.82, 2.24) is 4.98 Å². The number of nitrogens with one attached hydrogen (secondary N) is 1. The Labute approximate surface area is 164 Å². The minimum Gasteiger partial charge on any atom is -0.496 e. The summed E-state index contributed by atoms with van der Waals surface area (Å²) in [6.45, 7) is 1.93. The molecule has 1 heterocycles. The maximum absolute atomic E-state index is 12.0. The van der Waals surface area contributed by atoms with E-state index in [1.165, 1.54) is 11.3 Å². The van der Waals surface area contributed by atoms with Crippen molar-refractivity contribution in [3.8, 4) is 22.8 Å². The number of carbonyl (C=O) groups excluding carboxylic acids is 1. The molecule has 1 N–H and O–H groups in total. The highest BCUT2D eigenvalue weighted by Gasteiger charge is 2.10. The van der Waals surface area contributed by atoms with Crippen LogP contribution in [0.1, 0.15) is 5.56 Å². The van der Waals surface area contributed by atoms with Gasteiger partial charge in [-0.2, -0.15) is 0 Å². The number of anilines is 1. The first-order valence-corrected chi connectivity index (χ1v) is 9.51. The number of hydrogen-bond acceptors (Lipinski definition) is 5. The Morgan fingerprint density at radius 2 is 2.00 bits per heavy atom. The summed E-state index contributed by atoms with van der Waals surface area (Å²) in [5.74, 6) is 1.17. The van der Waals surface area contributed by atoms with E-state index in [1.54, 1.807) is 7.11 Å². The second-order valence-electron chi connectivity index (χ2n) is 5.54. The fraction of sp³-hybridized carbons (Fsp3) is 0.158. The molecule has 1 aromatic heterocycles. The molecule has 3 rings (SSSR count). The third-order valence-electron chi connectivity index (χ3n) is 3.59. The average Bonchev–Trinajstić information content (AvgIpc) is 3.09. The highest BCUT2D eigenvalue weighted by molar-refractivity contribution is 9.10. The van der Waals surface area contributed by atoms with Crippen LogP contribution in [-0.4, -0.2) is 24.6 Å². The number of hydrogen-bond donors (Lipinski definition) is 1. The van der Waals surface area contributed by atoms with Crippen LogP contribution in [0.15, 0.2) is 52.3 Å². The van der Waals surface area contributed by atoms with Gasteiger partial charge in [0.05, 0.1) is 17.3 Å². The molecule has 0 spiro atoms. The molecule has 0 unspecified atom stereocenters. The standard InChI is InChI=1S/C19H17BrN2O3S/c1-12-3-6-14(7-4-12)25-10-18(23)22-19-21-16(11-26-19)13-5-8-17(24-2)15(20)9-13/h3-9,11H,10H2,1-2H3,(H,21,22,23). The molecular weight excluding hydrogens is 416 g/mol. The minimum absolute atomic E-state index is 0.0634. The number of amides is 1. The quantitative estimate of drug-likeness (QED) is 0.601. The number of benzene rings is 2. The molecule has 134 valence electrons. The number of aryl methyl sites for hydroxylation is 1. The van der Waals surface area contributed by atoms with E-state index in [0.717, 1.165) is 27.0 Å². The third-order valence-corrected chi connectivity index (χ3v) is 4.97. The maximum atomic E-state index is 12.0. The Bertz CT molecular complexity index is 909. The topological polar surface area (TPSA) is 60.5 Å². The lowest BCUT2D eigenvalue weighted by atomic mass is 10.2. The number of ether oxygens (including phenoxy) is 2. The van der Waals surface area contributed by atoms with Crippen LogP contribution in [0, 0.1) is 6.92 Å². The zero-order valence-electron chi connectivity index (χ0n) is 14.3. The first kappa shape index (κ1) is 18.4. The molecule has 7 heteroatoms. The summed E-state index contributed by atoms with van der Waals surface area (Å²) in [5.41, 5.74) is 2.86. The molecule has 0 atom stereocenters. The number of carbonyl (C=O) groups is 1. The van der Waals surface area contributed by atoms with Gasteiger partial charge >= 0.3 is 0 Å². The summed E-state index contributed by atoms with van der Waals surface area (Å²) < 4.78 is 11.5. The highest BCUT2D eigenvalue weighted by Crippen LogP contribution is 2.32. The van der Waals surface area contributed by atoms with Gasteiger partial charge in [0.25, 0.3) is 5.91 Å². The summed E-state index contributed by atoms with van der Waals surface area (Å²) in [6.07, 6.45) is 0. The van der Waals surface area contributed by atoms with Crippen LogP contribution >= 0.6 is 27.3 Å². The molecule has 0 fully saturated rings. The van der Waals surface area contributed by atoms with E-state index in [-0.39, 0.29) is 12.5 Å². The molecule has 0 aliphatic rings. The van der Waals surface area contributed by atoms with Crippen LogP contribution in [-0.2, 0) is 4.79 Å². The molecule has 0 saturated carbocycles. The SMILES string of the molecule is COc1ccc(-c2csc(NC(=O)COc3ccc(C)cc3)n2)cc1Br. The van der Waals surface area contributed by atoms with Crippen molar-refractivity contribution in [3.05, 3.63) is 57.9 Å². The zero-order chi connectivity index (χ0) is 18.5. The molecular formula is C19H17BrN2O3S. The fourth-order valence-electron chi connectivity index (χ4n) is 2.23. The van der Waals surface area contributed by atoms with Crippen LogP contribution in [0.5, 0.6) is 11.5 Å². The molecule has 0 aliphatic heterocycles. The normalized spacial score (nSPS) is 10.4. The lowest BCUT2D eigenvalue weighted by molar-refractivity contribution is -0.118. The predicted molar refractivity (Wildman–Crippen MR) is 107 cm³/mol. The molecule has 3 aromatic rings. The van der Waals surface area contributed by atoms with Gasteiger partial charge in [0.15, 0.2) is 11.7 Å². The Hall–Kier alpha value is -2.38. The van der Waals surface area contributed by atoms with Gasteiger partial charge in [0, 0.05) is 10.9 Å². The van der Waals surface area contributed by atoms with Gasteiger partial charge in [-0.1, -0.05) is 17.7 Å². The van der Waals surface area contributed by atoms with Crippen LogP contribution in [0.2, 0.25) is 0 Å². The van der Waals surface area contributed by atoms with Gasteiger partial charge in [-0.05, 0) is 53.2 Å². The Balaban J connectivity index is 1.60. The molecule has 2 aromatic carbocycles. The van der Waals surface area contributed by atoms with Crippen LogP contribution < -0.4 is 14.8 Å². The summed E-state index contributed by atoms with van der Waals surface area (Å²) in [7, 11) is 1.62. The van der Waals surface area contributed by atoms with Crippen LogP contribution in [0.4, 0.5) is 5.13 Å².